The molecule has 0 amide bonds. The number of nitrogens with one attached hydrogen (secondary N) is 1. The van der Waals surface area contributed by atoms with Gasteiger partial charge >= 0.3 is 11.9 Å². The van der Waals surface area contributed by atoms with Crippen molar-refractivity contribution in [2.24, 2.45) is 4.99 Å². The van der Waals surface area contributed by atoms with Crippen molar-refractivity contribution in [1.82, 2.24) is 5.32 Å². The number of amidine groups is 1. The lowest BCUT2D eigenvalue weighted by Gasteiger charge is -2.23. The molecule has 0 aliphatic carbocycles. The predicted molar refractivity (Wildman–Crippen MR) is 109 cm³/mol. The van der Waals surface area contributed by atoms with Crippen LogP contribution in [0.1, 0.15) is 38.8 Å². The summed E-state index contributed by atoms with van der Waals surface area (Å²) in [5.74, 6) is -1.39. The second kappa shape index (κ2) is 9.14. The van der Waals surface area contributed by atoms with Crippen LogP contribution in [0.2, 0.25) is 0 Å². The summed E-state index contributed by atoms with van der Waals surface area (Å²) in [7, 11) is 0. The van der Waals surface area contributed by atoms with Gasteiger partial charge in [0.25, 0.3) is 0 Å². The summed E-state index contributed by atoms with van der Waals surface area (Å²) < 4.78 is 9.92. The first kappa shape index (κ1) is 20.3. The molecule has 2 aliphatic rings. The highest BCUT2D eigenvalue weighted by Crippen LogP contribution is 2.42. The number of carbonyl (C=O) groups excluding carboxylic acids is 2. The number of anilines is 1. The number of hydrogen-bond donors (Lipinski definition) is 1. The molecule has 28 heavy (non-hydrogen) atoms. The molecule has 7 nitrogen and oxygen atoms in total. The number of benzene rings is 1. The van der Waals surface area contributed by atoms with Gasteiger partial charge in [-0.05, 0) is 56.7 Å². The minimum atomic E-state index is -0.694. The van der Waals surface area contributed by atoms with Gasteiger partial charge in [-0.1, -0.05) is 6.07 Å². The fourth-order valence-corrected chi connectivity index (χ4v) is 4.08. The van der Waals surface area contributed by atoms with Crippen LogP contribution < -0.4 is 10.2 Å². The molecule has 1 atom stereocenters. The Balaban J connectivity index is 1.77. The van der Waals surface area contributed by atoms with Crippen molar-refractivity contribution in [2.75, 3.05) is 31.2 Å². The number of rotatable bonds is 7. The first-order valence-corrected chi connectivity index (χ1v) is 10.3. The maximum absolute atomic E-state index is 12.1. The van der Waals surface area contributed by atoms with E-state index in [0.29, 0.717) is 0 Å². The van der Waals surface area contributed by atoms with Gasteiger partial charge in [-0.25, -0.2) is 9.59 Å². The summed E-state index contributed by atoms with van der Waals surface area (Å²) in [5, 5.41) is 4.18. The lowest BCUT2D eigenvalue weighted by Crippen LogP contribution is -2.30. The average molecular weight is 404 g/mol. The first-order valence-electron chi connectivity index (χ1n) is 9.49. The second-order valence-electron chi connectivity index (χ2n) is 6.39. The Morgan fingerprint density at radius 2 is 2.00 bits per heavy atom. The van der Waals surface area contributed by atoms with E-state index in [1.54, 1.807) is 25.6 Å². The summed E-state index contributed by atoms with van der Waals surface area (Å²) in [6.45, 7) is 7.59. The molecule has 2 heterocycles. The van der Waals surface area contributed by atoms with Gasteiger partial charge in [-0.15, -0.1) is 0 Å². The van der Waals surface area contributed by atoms with Gasteiger partial charge in [-0.2, -0.15) is 0 Å². The van der Waals surface area contributed by atoms with Crippen molar-refractivity contribution in [3.05, 3.63) is 35.5 Å². The molecule has 0 aromatic heterocycles. The van der Waals surface area contributed by atoms with Crippen LogP contribution in [0.3, 0.4) is 0 Å². The average Bonchev–Trinajstić information content (AvgIpc) is 3.06. The molecule has 0 saturated heterocycles. The third-order valence-corrected chi connectivity index (χ3v) is 5.56. The third-order valence-electron chi connectivity index (χ3n) is 4.46. The molecule has 1 aromatic rings. The van der Waals surface area contributed by atoms with Crippen molar-refractivity contribution in [3.8, 4) is 0 Å². The third kappa shape index (κ3) is 4.32. The lowest BCUT2D eigenvalue weighted by atomic mass is 10.1. The van der Waals surface area contributed by atoms with Crippen molar-refractivity contribution in [3.63, 3.8) is 0 Å². The molecular formula is C20H25N3O4S. The number of esters is 2. The van der Waals surface area contributed by atoms with Gasteiger partial charge in [0.05, 0.1) is 18.9 Å². The van der Waals surface area contributed by atoms with Crippen LogP contribution in [0.25, 0.3) is 0 Å². The normalized spacial score (nSPS) is 15.7. The Hall–Kier alpha value is -2.48. The van der Waals surface area contributed by atoms with Gasteiger partial charge in [0.2, 0.25) is 0 Å². The van der Waals surface area contributed by atoms with E-state index in [9.17, 15) is 9.59 Å². The smallest absolute Gasteiger partial charge is 0.347 e. The lowest BCUT2D eigenvalue weighted by molar-refractivity contribution is -0.146. The molecule has 0 saturated carbocycles. The fourth-order valence-electron chi connectivity index (χ4n) is 3.02. The summed E-state index contributed by atoms with van der Waals surface area (Å²) in [6, 6.07) is 6.16. The SMILES string of the molecule is CCOC(=O)C(=CNC(C)c1ccc2c(c1)N1CCCN=C1S2)C(=O)OCC. The van der Waals surface area contributed by atoms with Crippen LogP contribution in [-0.4, -0.2) is 43.4 Å². The molecule has 0 bridgehead atoms. The Kier molecular flexibility index (Phi) is 6.61. The topological polar surface area (TPSA) is 80.2 Å². The van der Waals surface area contributed by atoms with Crippen molar-refractivity contribution in [2.45, 2.75) is 38.1 Å². The molecule has 0 radical (unpaired) electrons. The number of nitrogens with zero attached hydrogens (tertiary/aromatic N) is 2. The summed E-state index contributed by atoms with van der Waals surface area (Å²) in [4.78, 5) is 32.2. The van der Waals surface area contributed by atoms with Crippen LogP contribution in [0.5, 0.6) is 0 Å². The molecular weight excluding hydrogens is 378 g/mol. The van der Waals surface area contributed by atoms with E-state index in [4.69, 9.17) is 9.47 Å². The Morgan fingerprint density at radius 1 is 1.29 bits per heavy atom. The maximum atomic E-state index is 12.1. The van der Waals surface area contributed by atoms with E-state index in [1.807, 2.05) is 13.0 Å². The summed E-state index contributed by atoms with van der Waals surface area (Å²) >= 11 is 1.70. The summed E-state index contributed by atoms with van der Waals surface area (Å²) in [6.07, 6.45) is 2.43. The van der Waals surface area contributed by atoms with Crippen LogP contribution in [0.4, 0.5) is 5.69 Å². The highest BCUT2D eigenvalue weighted by molar-refractivity contribution is 8.14. The Labute approximate surface area is 169 Å². The maximum Gasteiger partial charge on any atom is 0.347 e. The van der Waals surface area contributed by atoms with Crippen molar-refractivity contribution < 1.29 is 19.1 Å². The Bertz CT molecular complexity index is 802. The van der Waals surface area contributed by atoms with Gasteiger partial charge in [0, 0.05) is 30.2 Å². The van der Waals surface area contributed by atoms with E-state index >= 15 is 0 Å². The highest BCUT2D eigenvalue weighted by atomic mass is 32.2. The zero-order valence-corrected chi connectivity index (χ0v) is 17.2. The number of ether oxygens (including phenoxy) is 2. The van der Waals surface area contributed by atoms with Gasteiger partial charge in [-0.3, -0.25) is 4.99 Å². The van der Waals surface area contributed by atoms with Crippen LogP contribution in [0, 0.1) is 0 Å². The fraction of sp³-hybridized carbons (Fsp3) is 0.450. The number of aliphatic imine (C=N–C) groups is 1. The van der Waals surface area contributed by atoms with Crippen molar-refractivity contribution >= 4 is 34.6 Å². The second-order valence-corrected chi connectivity index (χ2v) is 7.40. The quantitative estimate of drug-likeness (QED) is 0.324. The number of hydrogen-bond acceptors (Lipinski definition) is 8. The highest BCUT2D eigenvalue weighted by Gasteiger charge is 2.29. The molecule has 1 N–H and O–H groups in total. The van der Waals surface area contributed by atoms with Crippen LogP contribution in [-0.2, 0) is 19.1 Å². The summed E-state index contributed by atoms with van der Waals surface area (Å²) in [5.41, 5.74) is 2.07. The van der Waals surface area contributed by atoms with Gasteiger partial charge in [0.15, 0.2) is 10.7 Å². The zero-order valence-electron chi connectivity index (χ0n) is 16.4. The van der Waals surface area contributed by atoms with Crippen LogP contribution >= 0.6 is 11.8 Å². The molecule has 8 heteroatoms. The number of fused-ring (bicyclic) bond motifs is 3. The molecule has 3 rings (SSSR count). The van der Waals surface area contributed by atoms with E-state index in [1.165, 1.54) is 11.1 Å². The minimum Gasteiger partial charge on any atom is -0.462 e. The molecule has 1 aromatic carbocycles. The monoisotopic (exact) mass is 403 g/mol. The molecule has 150 valence electrons. The minimum absolute atomic E-state index is 0.111. The number of thioether (sulfide) groups is 1. The van der Waals surface area contributed by atoms with E-state index < -0.39 is 11.9 Å². The zero-order chi connectivity index (χ0) is 20.1. The Morgan fingerprint density at radius 3 is 2.68 bits per heavy atom. The molecule has 2 aliphatic heterocycles. The standard InChI is InChI=1S/C20H25N3O4S/c1-4-26-18(24)15(19(25)27-5-2)12-22-13(3)14-7-8-17-16(11-14)23-10-6-9-21-20(23)28-17/h7-8,11-13,22H,4-6,9-10H2,1-3H3. The van der Waals surface area contributed by atoms with Gasteiger partial charge < -0.3 is 19.7 Å². The largest absolute Gasteiger partial charge is 0.462 e. The van der Waals surface area contributed by atoms with E-state index in [2.05, 4.69) is 27.3 Å². The van der Waals surface area contributed by atoms with E-state index in [0.717, 1.165) is 35.9 Å². The predicted octanol–water partition coefficient (Wildman–Crippen LogP) is 3.02. The van der Waals surface area contributed by atoms with E-state index in [-0.39, 0.29) is 24.8 Å². The van der Waals surface area contributed by atoms with Gasteiger partial charge in [0.1, 0.15) is 0 Å². The van der Waals surface area contributed by atoms with Crippen LogP contribution in [0.15, 0.2) is 39.9 Å². The molecule has 1 unspecified atom stereocenters. The van der Waals surface area contributed by atoms with Crippen molar-refractivity contribution in [1.29, 1.82) is 0 Å². The molecule has 0 spiro atoms. The molecule has 0 fully saturated rings. The number of carbonyl (C=O) groups is 2. The first-order chi connectivity index (χ1) is 13.5.